The number of ether oxygens (including phenoxy) is 2. The minimum atomic E-state index is 0.595. The highest BCUT2D eigenvalue weighted by atomic mass is 16.5. The molecule has 6 nitrogen and oxygen atoms in total. The van der Waals surface area contributed by atoms with Gasteiger partial charge in [0.05, 0.1) is 19.2 Å². The van der Waals surface area contributed by atoms with Gasteiger partial charge in [-0.05, 0) is 19.4 Å². The van der Waals surface area contributed by atoms with Gasteiger partial charge in [-0.2, -0.15) is 0 Å². The van der Waals surface area contributed by atoms with E-state index >= 15 is 0 Å². The summed E-state index contributed by atoms with van der Waals surface area (Å²) in [5.41, 5.74) is 1.80. The summed E-state index contributed by atoms with van der Waals surface area (Å²) in [6, 6.07) is 2.00. The lowest BCUT2D eigenvalue weighted by atomic mass is 10.2. The van der Waals surface area contributed by atoms with Crippen molar-refractivity contribution < 1.29 is 9.47 Å². The zero-order valence-electron chi connectivity index (χ0n) is 13.4. The van der Waals surface area contributed by atoms with E-state index in [2.05, 4.69) is 21.8 Å². The van der Waals surface area contributed by atoms with Gasteiger partial charge in [0.15, 0.2) is 0 Å². The molecular weight excluding hydrogens is 280 g/mol. The highest BCUT2D eigenvalue weighted by Crippen LogP contribution is 2.32. The number of hydrogen-bond acceptors (Lipinski definition) is 6. The first-order valence-corrected chi connectivity index (χ1v) is 7.78. The number of fused-ring (bicyclic) bond motifs is 1. The first-order chi connectivity index (χ1) is 10.7. The number of pyridine rings is 1. The fraction of sp³-hybridized carbons (Fsp3) is 0.562. The van der Waals surface area contributed by atoms with Crippen LogP contribution < -0.4 is 9.64 Å². The van der Waals surface area contributed by atoms with Crippen molar-refractivity contribution in [3.8, 4) is 5.88 Å². The second-order valence-electron chi connectivity index (χ2n) is 5.44. The number of methoxy groups -OCH3 is 1. The molecular formula is C16H22N4O2. The van der Waals surface area contributed by atoms with Gasteiger partial charge in [0.1, 0.15) is 17.0 Å². The van der Waals surface area contributed by atoms with Crippen LogP contribution in [0.15, 0.2) is 6.07 Å². The normalized spacial score (nSPS) is 15.9. The molecule has 22 heavy (non-hydrogen) atoms. The van der Waals surface area contributed by atoms with E-state index in [4.69, 9.17) is 14.5 Å². The van der Waals surface area contributed by atoms with Gasteiger partial charge in [-0.1, -0.05) is 6.92 Å². The molecule has 0 saturated carbocycles. The highest BCUT2D eigenvalue weighted by molar-refractivity contribution is 5.94. The van der Waals surface area contributed by atoms with E-state index < -0.39 is 0 Å². The minimum absolute atomic E-state index is 0.595. The lowest BCUT2D eigenvalue weighted by Gasteiger charge is -2.23. The molecule has 3 rings (SSSR count). The maximum absolute atomic E-state index is 5.56. The van der Waals surface area contributed by atoms with Crippen LogP contribution in [0, 0.1) is 6.92 Å². The minimum Gasteiger partial charge on any atom is -0.480 e. The average Bonchev–Trinajstić information content (AvgIpc) is 2.81. The number of hydrogen-bond donors (Lipinski definition) is 0. The zero-order chi connectivity index (χ0) is 15.5. The van der Waals surface area contributed by atoms with Crippen molar-refractivity contribution >= 4 is 16.7 Å². The Labute approximate surface area is 130 Å². The summed E-state index contributed by atoms with van der Waals surface area (Å²) >= 11 is 0. The standard InChI is InChI=1S/C16H22N4O2/c1-4-13-18-12-10-11(2)17-16(21-3)14(12)15(19-13)20-6-5-8-22-9-7-20/h10H,4-9H2,1-3H3. The Morgan fingerprint density at radius 1 is 1.23 bits per heavy atom. The van der Waals surface area contributed by atoms with Crippen molar-refractivity contribution in [2.45, 2.75) is 26.7 Å². The molecule has 0 amide bonds. The SMILES string of the molecule is CCc1nc(N2CCCOCC2)c2c(OC)nc(C)cc2n1. The molecule has 0 atom stereocenters. The summed E-state index contributed by atoms with van der Waals surface area (Å²) in [5, 5.41) is 0.896. The van der Waals surface area contributed by atoms with Crippen molar-refractivity contribution in [1.29, 1.82) is 0 Å². The molecule has 6 heteroatoms. The molecule has 1 saturated heterocycles. The largest absolute Gasteiger partial charge is 0.480 e. The van der Waals surface area contributed by atoms with Crippen LogP contribution in [0.5, 0.6) is 5.88 Å². The Balaban J connectivity index is 2.21. The quantitative estimate of drug-likeness (QED) is 0.865. The summed E-state index contributed by atoms with van der Waals surface area (Å²) in [4.78, 5) is 16.2. The monoisotopic (exact) mass is 302 g/mol. The molecule has 0 bridgehead atoms. The Hall–Kier alpha value is -1.95. The summed E-state index contributed by atoms with van der Waals surface area (Å²) in [6.45, 7) is 7.29. The number of rotatable bonds is 3. The zero-order valence-corrected chi connectivity index (χ0v) is 13.4. The van der Waals surface area contributed by atoms with Crippen LogP contribution in [-0.4, -0.2) is 48.4 Å². The van der Waals surface area contributed by atoms with Gasteiger partial charge in [0.2, 0.25) is 5.88 Å². The van der Waals surface area contributed by atoms with Gasteiger partial charge in [0.25, 0.3) is 0 Å². The Bertz CT molecular complexity index is 667. The lowest BCUT2D eigenvalue weighted by Crippen LogP contribution is -2.27. The van der Waals surface area contributed by atoms with E-state index in [0.717, 1.165) is 60.8 Å². The molecule has 3 heterocycles. The molecule has 1 aliphatic heterocycles. The van der Waals surface area contributed by atoms with Crippen molar-refractivity contribution in [1.82, 2.24) is 15.0 Å². The highest BCUT2D eigenvalue weighted by Gasteiger charge is 2.20. The van der Waals surface area contributed by atoms with Crippen LogP contribution in [0.25, 0.3) is 10.9 Å². The topological polar surface area (TPSA) is 60.4 Å². The van der Waals surface area contributed by atoms with Gasteiger partial charge in [-0.15, -0.1) is 0 Å². The summed E-state index contributed by atoms with van der Waals surface area (Å²) < 4.78 is 11.1. The first-order valence-electron chi connectivity index (χ1n) is 7.78. The lowest BCUT2D eigenvalue weighted by molar-refractivity contribution is 0.152. The van der Waals surface area contributed by atoms with Gasteiger partial charge >= 0.3 is 0 Å². The molecule has 2 aromatic heterocycles. The molecule has 0 unspecified atom stereocenters. The van der Waals surface area contributed by atoms with E-state index in [1.165, 1.54) is 0 Å². The number of nitrogens with zero attached hydrogens (tertiary/aromatic N) is 4. The molecule has 0 aromatic carbocycles. The predicted molar refractivity (Wildman–Crippen MR) is 85.6 cm³/mol. The average molecular weight is 302 g/mol. The third-order valence-electron chi connectivity index (χ3n) is 3.83. The predicted octanol–water partition coefficient (Wildman–Crippen LogP) is 2.13. The third kappa shape index (κ3) is 2.83. The fourth-order valence-electron chi connectivity index (χ4n) is 2.76. The molecule has 118 valence electrons. The van der Waals surface area contributed by atoms with Gasteiger partial charge in [-0.3, -0.25) is 0 Å². The molecule has 0 radical (unpaired) electrons. The van der Waals surface area contributed by atoms with Crippen molar-refractivity contribution in [2.24, 2.45) is 0 Å². The van der Waals surface area contributed by atoms with Crippen LogP contribution >= 0.6 is 0 Å². The maximum atomic E-state index is 5.56. The van der Waals surface area contributed by atoms with E-state index in [0.29, 0.717) is 12.5 Å². The summed E-state index contributed by atoms with van der Waals surface area (Å²) in [5.74, 6) is 2.36. The molecule has 0 aliphatic carbocycles. The first kappa shape index (κ1) is 15.0. The maximum Gasteiger partial charge on any atom is 0.226 e. The molecule has 0 N–H and O–H groups in total. The number of anilines is 1. The smallest absolute Gasteiger partial charge is 0.226 e. The van der Waals surface area contributed by atoms with Crippen LogP contribution in [0.1, 0.15) is 24.9 Å². The van der Waals surface area contributed by atoms with Gasteiger partial charge < -0.3 is 14.4 Å². The Kier molecular flexibility index (Phi) is 4.38. The van der Waals surface area contributed by atoms with Crippen LogP contribution in [-0.2, 0) is 11.2 Å². The Morgan fingerprint density at radius 3 is 2.86 bits per heavy atom. The Morgan fingerprint density at radius 2 is 2.09 bits per heavy atom. The number of aromatic nitrogens is 3. The van der Waals surface area contributed by atoms with Crippen molar-refractivity contribution in [2.75, 3.05) is 38.3 Å². The van der Waals surface area contributed by atoms with E-state index in [-0.39, 0.29) is 0 Å². The molecule has 1 fully saturated rings. The number of aryl methyl sites for hydroxylation is 2. The molecule has 2 aromatic rings. The summed E-state index contributed by atoms with van der Waals surface area (Å²) in [7, 11) is 1.64. The second kappa shape index (κ2) is 6.44. The summed E-state index contributed by atoms with van der Waals surface area (Å²) in [6.07, 6.45) is 1.80. The molecule has 0 spiro atoms. The van der Waals surface area contributed by atoms with Gasteiger partial charge in [0, 0.05) is 31.8 Å². The van der Waals surface area contributed by atoms with E-state index in [1.807, 2.05) is 13.0 Å². The molecule has 1 aliphatic rings. The van der Waals surface area contributed by atoms with E-state index in [1.54, 1.807) is 7.11 Å². The fourth-order valence-corrected chi connectivity index (χ4v) is 2.76. The van der Waals surface area contributed by atoms with Crippen LogP contribution in [0.3, 0.4) is 0 Å². The van der Waals surface area contributed by atoms with Crippen LogP contribution in [0.2, 0.25) is 0 Å². The van der Waals surface area contributed by atoms with Crippen molar-refractivity contribution in [3.63, 3.8) is 0 Å². The third-order valence-corrected chi connectivity index (χ3v) is 3.83. The van der Waals surface area contributed by atoms with Crippen LogP contribution in [0.4, 0.5) is 5.82 Å². The van der Waals surface area contributed by atoms with Gasteiger partial charge in [-0.25, -0.2) is 15.0 Å². The second-order valence-corrected chi connectivity index (χ2v) is 5.44. The van der Waals surface area contributed by atoms with E-state index in [9.17, 15) is 0 Å². The van der Waals surface area contributed by atoms with Crippen molar-refractivity contribution in [3.05, 3.63) is 17.6 Å².